The van der Waals surface area contributed by atoms with Gasteiger partial charge in [0, 0.05) is 32.6 Å². The van der Waals surface area contributed by atoms with Crippen molar-refractivity contribution >= 4 is 16.6 Å². The normalized spacial score (nSPS) is 11.7. The molecule has 0 amide bonds. The topological polar surface area (TPSA) is 64.7 Å². The van der Waals surface area contributed by atoms with E-state index in [1.807, 2.05) is 56.7 Å². The molecule has 3 heterocycles. The Labute approximate surface area is 162 Å². The van der Waals surface area contributed by atoms with Crippen molar-refractivity contribution in [2.75, 3.05) is 27.7 Å². The van der Waals surface area contributed by atoms with E-state index in [0.717, 1.165) is 34.5 Å². The molecule has 0 fully saturated rings. The van der Waals surface area contributed by atoms with Gasteiger partial charge >= 0.3 is 0 Å². The van der Waals surface area contributed by atoms with Gasteiger partial charge in [-0.25, -0.2) is 9.50 Å². The second kappa shape index (κ2) is 7.53. The van der Waals surface area contributed by atoms with Gasteiger partial charge in [-0.05, 0) is 25.7 Å². The van der Waals surface area contributed by atoms with Crippen LogP contribution in [0.3, 0.4) is 0 Å². The van der Waals surface area contributed by atoms with Gasteiger partial charge in [-0.1, -0.05) is 30.3 Å². The lowest BCUT2D eigenvalue weighted by Crippen LogP contribution is -2.26. The minimum atomic E-state index is -0.0567. The third kappa shape index (κ3) is 3.19. The zero-order valence-electron chi connectivity index (χ0n) is 16.3. The largest absolute Gasteiger partial charge is 0.378 e. The van der Waals surface area contributed by atoms with E-state index in [-0.39, 0.29) is 5.56 Å². The van der Waals surface area contributed by atoms with Crippen LogP contribution in [0.15, 0.2) is 53.6 Å². The molecule has 0 N–H and O–H groups in total. The van der Waals surface area contributed by atoms with Crippen LogP contribution in [0, 0.1) is 0 Å². The van der Waals surface area contributed by atoms with Crippen LogP contribution in [0.25, 0.3) is 27.7 Å². The number of fused-ring (bicyclic) bond motifs is 3. The second-order valence-electron chi connectivity index (χ2n) is 7.03. The number of aromatic nitrogens is 4. The summed E-state index contributed by atoms with van der Waals surface area (Å²) < 4.78 is 8.82. The fraction of sp³-hybridized carbons (Fsp3) is 0.286. The molecule has 3 aromatic heterocycles. The van der Waals surface area contributed by atoms with Gasteiger partial charge in [-0.2, -0.15) is 5.10 Å². The van der Waals surface area contributed by atoms with Gasteiger partial charge in [0.2, 0.25) is 0 Å². The van der Waals surface area contributed by atoms with Gasteiger partial charge in [0.1, 0.15) is 0 Å². The Bertz CT molecular complexity index is 1180. The Morgan fingerprint density at radius 2 is 1.93 bits per heavy atom. The van der Waals surface area contributed by atoms with Crippen molar-refractivity contribution in [3.63, 3.8) is 0 Å². The lowest BCUT2D eigenvalue weighted by atomic mass is 10.1. The van der Waals surface area contributed by atoms with Gasteiger partial charge in [-0.3, -0.25) is 4.79 Å². The van der Waals surface area contributed by atoms with Crippen LogP contribution in [0.1, 0.15) is 5.69 Å². The summed E-state index contributed by atoms with van der Waals surface area (Å²) >= 11 is 0. The Morgan fingerprint density at radius 3 is 2.64 bits per heavy atom. The van der Waals surface area contributed by atoms with Gasteiger partial charge in [-0.15, -0.1) is 0 Å². The maximum Gasteiger partial charge on any atom is 0.261 e. The van der Waals surface area contributed by atoms with Gasteiger partial charge in [0.05, 0.1) is 28.8 Å². The summed E-state index contributed by atoms with van der Waals surface area (Å²) in [5, 5.41) is 5.28. The first-order chi connectivity index (χ1) is 13.6. The van der Waals surface area contributed by atoms with Crippen LogP contribution in [0.4, 0.5) is 0 Å². The standard InChI is InChI=1S/C21H23N5O2/c1-24(2)11-12-25-10-9-18-16(21(25)27)13-22-20-19(15-7-5-4-6-8-15)17(14-28-3)23-26(18)20/h4-10,13H,11-12,14H2,1-3H3. The number of hydrogen-bond donors (Lipinski definition) is 0. The van der Waals surface area contributed by atoms with E-state index in [1.54, 1.807) is 22.4 Å². The van der Waals surface area contributed by atoms with E-state index in [1.165, 1.54) is 0 Å². The number of hydrogen-bond acceptors (Lipinski definition) is 5. The highest BCUT2D eigenvalue weighted by Crippen LogP contribution is 2.29. The molecule has 0 unspecified atom stereocenters. The third-order valence-corrected chi connectivity index (χ3v) is 4.79. The fourth-order valence-corrected chi connectivity index (χ4v) is 3.38. The number of likely N-dealkylation sites (N-methyl/N-ethyl adjacent to an activating group) is 1. The van der Waals surface area contributed by atoms with Gasteiger partial charge in [0.25, 0.3) is 5.56 Å². The summed E-state index contributed by atoms with van der Waals surface area (Å²) in [5.41, 5.74) is 4.16. The molecule has 0 saturated heterocycles. The molecule has 7 nitrogen and oxygen atoms in total. The Morgan fingerprint density at radius 1 is 1.14 bits per heavy atom. The summed E-state index contributed by atoms with van der Waals surface area (Å²) in [6.07, 6.45) is 3.48. The lowest BCUT2D eigenvalue weighted by Gasteiger charge is -2.12. The highest BCUT2D eigenvalue weighted by atomic mass is 16.5. The van der Waals surface area contributed by atoms with E-state index >= 15 is 0 Å². The molecule has 1 aromatic carbocycles. The Balaban J connectivity index is 1.93. The van der Waals surface area contributed by atoms with E-state index in [4.69, 9.17) is 9.84 Å². The number of benzene rings is 1. The Hall–Kier alpha value is -3.03. The molecule has 0 aliphatic rings. The molecular weight excluding hydrogens is 354 g/mol. The number of nitrogens with zero attached hydrogens (tertiary/aromatic N) is 5. The summed E-state index contributed by atoms with van der Waals surface area (Å²) in [6.45, 7) is 1.79. The molecule has 0 radical (unpaired) electrons. The quantitative estimate of drug-likeness (QED) is 0.516. The van der Waals surface area contributed by atoms with Gasteiger partial charge < -0.3 is 14.2 Å². The minimum Gasteiger partial charge on any atom is -0.378 e. The smallest absolute Gasteiger partial charge is 0.261 e. The summed E-state index contributed by atoms with van der Waals surface area (Å²) in [6, 6.07) is 11.9. The SMILES string of the molecule is COCc1nn2c(ncc3c(=O)n(CCN(C)C)ccc32)c1-c1ccccc1. The summed E-state index contributed by atoms with van der Waals surface area (Å²) in [7, 11) is 5.63. The molecule has 144 valence electrons. The van der Waals surface area contributed by atoms with Crippen molar-refractivity contribution in [2.24, 2.45) is 0 Å². The van der Waals surface area contributed by atoms with Crippen molar-refractivity contribution in [3.8, 4) is 11.1 Å². The van der Waals surface area contributed by atoms with E-state index in [9.17, 15) is 4.79 Å². The molecule has 0 spiro atoms. The maximum atomic E-state index is 12.9. The van der Waals surface area contributed by atoms with Crippen molar-refractivity contribution in [1.82, 2.24) is 24.1 Å². The van der Waals surface area contributed by atoms with E-state index in [0.29, 0.717) is 18.5 Å². The first-order valence-corrected chi connectivity index (χ1v) is 9.19. The highest BCUT2D eigenvalue weighted by Gasteiger charge is 2.18. The van der Waals surface area contributed by atoms with Crippen LogP contribution < -0.4 is 5.56 Å². The summed E-state index contributed by atoms with van der Waals surface area (Å²) in [4.78, 5) is 19.6. The van der Waals surface area contributed by atoms with Crippen molar-refractivity contribution in [3.05, 3.63) is 64.8 Å². The maximum absolute atomic E-state index is 12.9. The number of pyridine rings is 1. The molecular formula is C21H23N5O2. The zero-order chi connectivity index (χ0) is 19.7. The number of rotatable bonds is 6. The van der Waals surface area contributed by atoms with Gasteiger partial charge in [0.15, 0.2) is 5.65 Å². The van der Waals surface area contributed by atoms with Crippen LogP contribution in [0.5, 0.6) is 0 Å². The molecule has 0 aliphatic heterocycles. The molecule has 0 aliphatic carbocycles. The molecule has 0 saturated carbocycles. The zero-order valence-corrected chi connectivity index (χ0v) is 16.3. The second-order valence-corrected chi connectivity index (χ2v) is 7.03. The van der Waals surface area contributed by atoms with Crippen molar-refractivity contribution in [2.45, 2.75) is 13.2 Å². The average molecular weight is 377 g/mol. The van der Waals surface area contributed by atoms with Crippen LogP contribution in [-0.4, -0.2) is 51.8 Å². The average Bonchev–Trinajstić information content (AvgIpc) is 3.06. The number of ether oxygens (including phenoxy) is 1. The van der Waals surface area contributed by atoms with Crippen molar-refractivity contribution < 1.29 is 4.74 Å². The predicted molar refractivity (Wildman–Crippen MR) is 109 cm³/mol. The first kappa shape index (κ1) is 18.3. The summed E-state index contributed by atoms with van der Waals surface area (Å²) in [5.74, 6) is 0. The first-order valence-electron chi connectivity index (χ1n) is 9.19. The molecule has 7 heteroatoms. The molecule has 4 aromatic rings. The van der Waals surface area contributed by atoms with Crippen LogP contribution >= 0.6 is 0 Å². The molecule has 28 heavy (non-hydrogen) atoms. The van der Waals surface area contributed by atoms with Crippen LogP contribution in [-0.2, 0) is 17.9 Å². The number of methoxy groups -OCH3 is 1. The Kier molecular flexibility index (Phi) is 4.93. The molecule has 4 rings (SSSR count). The molecule has 0 bridgehead atoms. The molecule has 0 atom stereocenters. The fourth-order valence-electron chi connectivity index (χ4n) is 3.38. The minimum absolute atomic E-state index is 0.0567. The predicted octanol–water partition coefficient (Wildman–Crippen LogP) is 2.42. The monoisotopic (exact) mass is 377 g/mol. The lowest BCUT2D eigenvalue weighted by molar-refractivity contribution is 0.181. The van der Waals surface area contributed by atoms with E-state index < -0.39 is 0 Å². The van der Waals surface area contributed by atoms with Crippen LogP contribution in [0.2, 0.25) is 0 Å². The third-order valence-electron chi connectivity index (χ3n) is 4.79. The van der Waals surface area contributed by atoms with E-state index in [2.05, 4.69) is 9.88 Å². The van der Waals surface area contributed by atoms with Crippen molar-refractivity contribution in [1.29, 1.82) is 0 Å². The highest BCUT2D eigenvalue weighted by molar-refractivity contribution is 5.86.